The lowest BCUT2D eigenvalue weighted by atomic mass is 10.3. The molecule has 12 heavy (non-hydrogen) atoms. The SMILES string of the molecule is Cn1cc(F)c2c(N)ccnc21. The monoisotopic (exact) mass is 165 g/mol. The average molecular weight is 165 g/mol. The minimum atomic E-state index is -0.321. The fourth-order valence-corrected chi connectivity index (χ4v) is 1.27. The van der Waals surface area contributed by atoms with Crippen molar-refractivity contribution in [3.8, 4) is 0 Å². The van der Waals surface area contributed by atoms with Crippen LogP contribution in [0.5, 0.6) is 0 Å². The molecule has 0 radical (unpaired) electrons. The van der Waals surface area contributed by atoms with Crippen LogP contribution in [0.1, 0.15) is 0 Å². The Bertz CT molecular complexity index is 433. The molecule has 0 amide bonds. The van der Waals surface area contributed by atoms with Crippen molar-refractivity contribution >= 4 is 16.7 Å². The van der Waals surface area contributed by atoms with Gasteiger partial charge in [-0.15, -0.1) is 0 Å². The molecule has 0 saturated carbocycles. The van der Waals surface area contributed by atoms with Gasteiger partial charge in [-0.25, -0.2) is 9.37 Å². The highest BCUT2D eigenvalue weighted by atomic mass is 19.1. The number of hydrogen-bond donors (Lipinski definition) is 1. The molecule has 2 N–H and O–H groups in total. The predicted molar refractivity (Wildman–Crippen MR) is 45.1 cm³/mol. The minimum absolute atomic E-state index is 0.321. The van der Waals surface area contributed by atoms with Crippen LogP contribution in [0.2, 0.25) is 0 Å². The molecule has 0 aliphatic heterocycles. The highest BCUT2D eigenvalue weighted by Gasteiger charge is 2.08. The van der Waals surface area contributed by atoms with Gasteiger partial charge in [0.25, 0.3) is 0 Å². The van der Waals surface area contributed by atoms with Crippen molar-refractivity contribution in [2.24, 2.45) is 7.05 Å². The maximum atomic E-state index is 13.1. The van der Waals surface area contributed by atoms with Gasteiger partial charge in [-0.1, -0.05) is 0 Å². The van der Waals surface area contributed by atoms with Gasteiger partial charge in [0.15, 0.2) is 5.82 Å². The second-order valence-electron chi connectivity index (χ2n) is 2.69. The Labute approximate surface area is 68.6 Å². The van der Waals surface area contributed by atoms with E-state index in [2.05, 4.69) is 4.98 Å². The number of aryl methyl sites for hydroxylation is 1. The molecule has 0 unspecified atom stereocenters. The van der Waals surface area contributed by atoms with Gasteiger partial charge in [-0.05, 0) is 6.07 Å². The lowest BCUT2D eigenvalue weighted by Crippen LogP contribution is -1.90. The van der Waals surface area contributed by atoms with E-state index < -0.39 is 0 Å². The lowest BCUT2D eigenvalue weighted by molar-refractivity contribution is 0.633. The van der Waals surface area contributed by atoms with Crippen molar-refractivity contribution in [1.29, 1.82) is 0 Å². The van der Waals surface area contributed by atoms with Gasteiger partial charge in [0.2, 0.25) is 0 Å². The second kappa shape index (κ2) is 2.20. The number of fused-ring (bicyclic) bond motifs is 1. The first-order chi connectivity index (χ1) is 5.70. The zero-order valence-corrected chi connectivity index (χ0v) is 6.58. The molecule has 2 aromatic heterocycles. The Morgan fingerprint density at radius 2 is 2.33 bits per heavy atom. The van der Waals surface area contributed by atoms with Crippen molar-refractivity contribution in [3.05, 3.63) is 24.3 Å². The number of aromatic nitrogens is 2. The summed E-state index contributed by atoms with van der Waals surface area (Å²) < 4.78 is 14.7. The molecular formula is C8H8FN3. The van der Waals surface area contributed by atoms with Crippen molar-refractivity contribution < 1.29 is 4.39 Å². The summed E-state index contributed by atoms with van der Waals surface area (Å²) in [7, 11) is 1.73. The summed E-state index contributed by atoms with van der Waals surface area (Å²) in [5, 5.41) is 0.403. The van der Waals surface area contributed by atoms with E-state index in [1.807, 2.05) is 0 Å². The largest absolute Gasteiger partial charge is 0.398 e. The third-order valence-electron chi connectivity index (χ3n) is 1.84. The third-order valence-corrected chi connectivity index (χ3v) is 1.84. The smallest absolute Gasteiger partial charge is 0.152 e. The van der Waals surface area contributed by atoms with Gasteiger partial charge in [-0.2, -0.15) is 0 Å². The molecule has 62 valence electrons. The van der Waals surface area contributed by atoms with E-state index in [1.165, 1.54) is 6.20 Å². The normalized spacial score (nSPS) is 10.8. The van der Waals surface area contributed by atoms with Crippen LogP contribution in [0.25, 0.3) is 11.0 Å². The van der Waals surface area contributed by atoms with Gasteiger partial charge >= 0.3 is 0 Å². The van der Waals surface area contributed by atoms with Crippen molar-refractivity contribution in [2.75, 3.05) is 5.73 Å². The van der Waals surface area contributed by atoms with E-state index in [9.17, 15) is 4.39 Å². The molecule has 2 rings (SSSR count). The topological polar surface area (TPSA) is 43.8 Å². The lowest BCUT2D eigenvalue weighted by Gasteiger charge is -1.95. The number of nitrogen functional groups attached to an aromatic ring is 1. The van der Waals surface area contributed by atoms with E-state index in [0.717, 1.165) is 0 Å². The van der Waals surface area contributed by atoms with Crippen LogP contribution in [-0.4, -0.2) is 9.55 Å². The van der Waals surface area contributed by atoms with Crippen LogP contribution in [0.3, 0.4) is 0 Å². The molecule has 2 aromatic rings. The second-order valence-corrected chi connectivity index (χ2v) is 2.69. The first-order valence-corrected chi connectivity index (χ1v) is 3.55. The summed E-state index contributed by atoms with van der Waals surface area (Å²) in [5.41, 5.74) is 6.58. The van der Waals surface area contributed by atoms with Crippen molar-refractivity contribution in [2.45, 2.75) is 0 Å². The molecule has 0 bridgehead atoms. The number of nitrogens with zero attached hydrogens (tertiary/aromatic N) is 2. The Morgan fingerprint density at radius 1 is 1.58 bits per heavy atom. The summed E-state index contributed by atoms with van der Waals surface area (Å²) >= 11 is 0. The van der Waals surface area contributed by atoms with Crippen LogP contribution < -0.4 is 5.73 Å². The molecule has 0 saturated heterocycles. The molecule has 0 atom stereocenters. The molecule has 4 heteroatoms. The van der Waals surface area contributed by atoms with E-state index in [4.69, 9.17) is 5.73 Å². The van der Waals surface area contributed by atoms with Crippen LogP contribution in [-0.2, 0) is 7.05 Å². The molecule has 0 fully saturated rings. The zero-order valence-electron chi connectivity index (χ0n) is 6.58. The number of nitrogens with two attached hydrogens (primary N) is 1. The number of halogens is 1. The quantitative estimate of drug-likeness (QED) is 0.639. The van der Waals surface area contributed by atoms with Gasteiger partial charge < -0.3 is 10.3 Å². The molecule has 0 aliphatic rings. The number of anilines is 1. The fourth-order valence-electron chi connectivity index (χ4n) is 1.27. The van der Waals surface area contributed by atoms with Crippen molar-refractivity contribution in [1.82, 2.24) is 9.55 Å². The number of hydrogen-bond acceptors (Lipinski definition) is 2. The van der Waals surface area contributed by atoms with Gasteiger partial charge in [-0.3, -0.25) is 0 Å². The number of pyridine rings is 1. The standard InChI is InChI=1S/C8H8FN3/c1-12-4-5(9)7-6(10)2-3-11-8(7)12/h2-4H,1H3,(H2,10,11). The first-order valence-electron chi connectivity index (χ1n) is 3.55. The summed E-state index contributed by atoms with van der Waals surface area (Å²) in [6, 6.07) is 1.59. The predicted octanol–water partition coefficient (Wildman–Crippen LogP) is 1.29. The Morgan fingerprint density at radius 3 is 3.00 bits per heavy atom. The van der Waals surface area contributed by atoms with Crippen LogP contribution in [0.4, 0.5) is 10.1 Å². The summed E-state index contributed by atoms with van der Waals surface area (Å²) in [4.78, 5) is 4.01. The Kier molecular flexibility index (Phi) is 1.30. The third kappa shape index (κ3) is 0.777. The van der Waals surface area contributed by atoms with E-state index in [1.54, 1.807) is 23.9 Å². The number of rotatable bonds is 0. The van der Waals surface area contributed by atoms with Crippen molar-refractivity contribution in [3.63, 3.8) is 0 Å². The van der Waals surface area contributed by atoms with E-state index in [0.29, 0.717) is 16.7 Å². The van der Waals surface area contributed by atoms with Gasteiger partial charge in [0, 0.05) is 25.1 Å². The van der Waals surface area contributed by atoms with E-state index >= 15 is 0 Å². The highest BCUT2D eigenvalue weighted by Crippen LogP contribution is 2.22. The Hall–Kier alpha value is -1.58. The maximum absolute atomic E-state index is 13.1. The summed E-state index contributed by atoms with van der Waals surface area (Å²) in [5.74, 6) is -0.321. The summed E-state index contributed by atoms with van der Waals surface area (Å²) in [6.07, 6.45) is 2.94. The molecule has 0 aliphatic carbocycles. The van der Waals surface area contributed by atoms with Crippen LogP contribution in [0, 0.1) is 5.82 Å². The minimum Gasteiger partial charge on any atom is -0.398 e. The van der Waals surface area contributed by atoms with Gasteiger partial charge in [0.1, 0.15) is 5.65 Å². The fraction of sp³-hybridized carbons (Fsp3) is 0.125. The molecule has 0 aromatic carbocycles. The van der Waals surface area contributed by atoms with E-state index in [-0.39, 0.29) is 5.82 Å². The Balaban J connectivity index is 2.99. The van der Waals surface area contributed by atoms with Gasteiger partial charge in [0.05, 0.1) is 5.39 Å². The molecule has 3 nitrogen and oxygen atoms in total. The molecule has 0 spiro atoms. The summed E-state index contributed by atoms with van der Waals surface area (Å²) in [6.45, 7) is 0. The highest BCUT2D eigenvalue weighted by molar-refractivity contribution is 5.88. The average Bonchev–Trinajstić information content (AvgIpc) is 2.29. The molecule has 2 heterocycles. The van der Waals surface area contributed by atoms with Crippen LogP contribution in [0.15, 0.2) is 18.5 Å². The van der Waals surface area contributed by atoms with Crippen LogP contribution >= 0.6 is 0 Å². The first kappa shape index (κ1) is 7.09. The molecular weight excluding hydrogens is 157 g/mol. The zero-order chi connectivity index (χ0) is 8.72. The maximum Gasteiger partial charge on any atom is 0.152 e.